The Morgan fingerprint density at radius 3 is 2.84 bits per heavy atom. The van der Waals surface area contributed by atoms with Crippen molar-refractivity contribution < 1.29 is 15.0 Å². The fourth-order valence-corrected chi connectivity index (χ4v) is 2.13. The number of hydrogen-bond acceptors (Lipinski definition) is 3. The summed E-state index contributed by atoms with van der Waals surface area (Å²) in [4.78, 5) is 10.3. The van der Waals surface area contributed by atoms with Crippen molar-refractivity contribution in [3.8, 4) is 0 Å². The number of unbranched alkanes of at least 4 members (excludes halogenated alkanes) is 2. The van der Waals surface area contributed by atoms with Crippen LogP contribution < -0.4 is 5.32 Å². The number of aliphatic hydroxyl groups excluding tert-OH is 1. The molecule has 0 fully saturated rings. The third-order valence-corrected chi connectivity index (χ3v) is 3.17. The molecule has 0 heterocycles. The first-order chi connectivity index (χ1) is 9.18. The van der Waals surface area contributed by atoms with Crippen molar-refractivity contribution in [2.24, 2.45) is 0 Å². The minimum absolute atomic E-state index is 0.253. The molecule has 1 atom stereocenters. The highest BCUT2D eigenvalue weighted by Gasteiger charge is 2.06. The van der Waals surface area contributed by atoms with Crippen LogP contribution in [0.1, 0.15) is 44.9 Å². The predicted molar refractivity (Wildman–Crippen MR) is 76.1 cm³/mol. The second kappa shape index (κ2) is 9.75. The zero-order valence-corrected chi connectivity index (χ0v) is 11.5. The van der Waals surface area contributed by atoms with Gasteiger partial charge in [-0.25, -0.2) is 0 Å². The summed E-state index contributed by atoms with van der Waals surface area (Å²) in [6.07, 6.45) is 11.9. The van der Waals surface area contributed by atoms with Crippen LogP contribution in [-0.2, 0) is 4.79 Å². The molecule has 0 aliphatic heterocycles. The van der Waals surface area contributed by atoms with Crippen molar-refractivity contribution in [2.75, 3.05) is 13.1 Å². The molecule has 0 radical (unpaired) electrons. The smallest absolute Gasteiger partial charge is 0.303 e. The van der Waals surface area contributed by atoms with Crippen LogP contribution >= 0.6 is 0 Å². The Bertz CT molecular complexity index is 323. The van der Waals surface area contributed by atoms with Gasteiger partial charge >= 0.3 is 5.97 Å². The molecule has 4 heteroatoms. The molecule has 108 valence electrons. The summed E-state index contributed by atoms with van der Waals surface area (Å²) >= 11 is 0. The molecule has 1 unspecified atom stereocenters. The Labute approximate surface area is 115 Å². The van der Waals surface area contributed by atoms with E-state index in [0.29, 0.717) is 13.0 Å². The van der Waals surface area contributed by atoms with Crippen molar-refractivity contribution in [1.29, 1.82) is 0 Å². The van der Waals surface area contributed by atoms with E-state index in [2.05, 4.69) is 23.5 Å². The number of hydrogen-bond donors (Lipinski definition) is 3. The fraction of sp³-hybridized carbons (Fsp3) is 0.667. The summed E-state index contributed by atoms with van der Waals surface area (Å²) in [5, 5.41) is 21.6. The van der Waals surface area contributed by atoms with E-state index >= 15 is 0 Å². The van der Waals surface area contributed by atoms with Crippen molar-refractivity contribution in [3.05, 3.63) is 23.8 Å². The van der Waals surface area contributed by atoms with Gasteiger partial charge in [-0.15, -0.1) is 0 Å². The molecule has 4 nitrogen and oxygen atoms in total. The molecule has 1 aliphatic carbocycles. The van der Waals surface area contributed by atoms with Gasteiger partial charge in [-0.1, -0.05) is 24.6 Å². The van der Waals surface area contributed by atoms with Gasteiger partial charge in [-0.05, 0) is 44.2 Å². The van der Waals surface area contributed by atoms with Gasteiger partial charge in [0.05, 0.1) is 6.10 Å². The SMILES string of the molecule is O=C(O)CCCCCNCC(O)CC1=CCCC=C1. The molecule has 0 aromatic carbocycles. The van der Waals surface area contributed by atoms with Gasteiger partial charge in [0.2, 0.25) is 0 Å². The van der Waals surface area contributed by atoms with Gasteiger partial charge < -0.3 is 15.5 Å². The molecule has 1 rings (SSSR count). The van der Waals surface area contributed by atoms with E-state index in [1.807, 2.05) is 0 Å². The molecule has 19 heavy (non-hydrogen) atoms. The molecule has 3 N–H and O–H groups in total. The first kappa shape index (κ1) is 15.9. The van der Waals surface area contributed by atoms with E-state index in [0.717, 1.165) is 38.6 Å². The summed E-state index contributed by atoms with van der Waals surface area (Å²) in [5.41, 5.74) is 1.22. The molecule has 0 saturated carbocycles. The van der Waals surface area contributed by atoms with E-state index in [1.54, 1.807) is 0 Å². The lowest BCUT2D eigenvalue weighted by Gasteiger charge is -2.14. The normalized spacial score (nSPS) is 16.2. The molecular weight excluding hydrogens is 242 g/mol. The quantitative estimate of drug-likeness (QED) is 0.531. The van der Waals surface area contributed by atoms with Crippen LogP contribution in [0.25, 0.3) is 0 Å². The number of rotatable bonds is 10. The van der Waals surface area contributed by atoms with Crippen molar-refractivity contribution in [1.82, 2.24) is 5.32 Å². The Hall–Kier alpha value is -1.13. The number of carbonyl (C=O) groups is 1. The lowest BCUT2D eigenvalue weighted by molar-refractivity contribution is -0.137. The number of aliphatic hydroxyl groups is 1. The van der Waals surface area contributed by atoms with E-state index in [1.165, 1.54) is 5.57 Å². The minimum Gasteiger partial charge on any atom is -0.481 e. The average molecular weight is 267 g/mol. The summed E-state index contributed by atoms with van der Waals surface area (Å²) in [5.74, 6) is -0.725. The standard InChI is InChI=1S/C15H25NO3/c17-14(11-13-7-3-1-4-8-13)12-16-10-6-2-5-9-15(18)19/h3,7-8,14,16-17H,1-2,4-6,9-12H2,(H,18,19). The molecule has 1 aliphatic rings. The van der Waals surface area contributed by atoms with Crippen LogP contribution in [0.5, 0.6) is 0 Å². The summed E-state index contributed by atoms with van der Waals surface area (Å²) in [6, 6.07) is 0. The lowest BCUT2D eigenvalue weighted by atomic mass is 10.0. The minimum atomic E-state index is -0.725. The third kappa shape index (κ3) is 8.56. The van der Waals surface area contributed by atoms with Crippen LogP contribution in [0.3, 0.4) is 0 Å². The Morgan fingerprint density at radius 2 is 2.16 bits per heavy atom. The van der Waals surface area contributed by atoms with E-state index in [9.17, 15) is 9.90 Å². The van der Waals surface area contributed by atoms with Crippen LogP contribution in [-0.4, -0.2) is 35.4 Å². The number of aliphatic carboxylic acids is 1. The van der Waals surface area contributed by atoms with Crippen LogP contribution in [0.15, 0.2) is 23.8 Å². The number of carboxylic acids is 1. The first-order valence-electron chi connectivity index (χ1n) is 7.14. The maximum atomic E-state index is 10.3. The average Bonchev–Trinajstić information content (AvgIpc) is 2.38. The predicted octanol–water partition coefficient (Wildman–Crippen LogP) is 2.25. The van der Waals surface area contributed by atoms with Crippen molar-refractivity contribution >= 4 is 5.97 Å². The summed E-state index contributed by atoms with van der Waals surface area (Å²) < 4.78 is 0. The van der Waals surface area contributed by atoms with Gasteiger partial charge in [0.15, 0.2) is 0 Å². The molecule has 0 spiro atoms. The maximum absolute atomic E-state index is 10.3. The zero-order valence-electron chi connectivity index (χ0n) is 11.5. The highest BCUT2D eigenvalue weighted by molar-refractivity contribution is 5.66. The van der Waals surface area contributed by atoms with Crippen molar-refractivity contribution in [3.63, 3.8) is 0 Å². The molecule has 0 aromatic heterocycles. The van der Waals surface area contributed by atoms with Gasteiger partial charge in [0.25, 0.3) is 0 Å². The topological polar surface area (TPSA) is 69.6 Å². The fourth-order valence-electron chi connectivity index (χ4n) is 2.13. The monoisotopic (exact) mass is 267 g/mol. The van der Waals surface area contributed by atoms with E-state index in [-0.39, 0.29) is 12.5 Å². The highest BCUT2D eigenvalue weighted by Crippen LogP contribution is 2.14. The highest BCUT2D eigenvalue weighted by atomic mass is 16.4. The molecule has 0 bridgehead atoms. The molecule has 0 aromatic rings. The Balaban J connectivity index is 1.95. The summed E-state index contributed by atoms with van der Waals surface area (Å²) in [6.45, 7) is 1.44. The van der Waals surface area contributed by atoms with E-state index in [4.69, 9.17) is 5.11 Å². The summed E-state index contributed by atoms with van der Waals surface area (Å²) in [7, 11) is 0. The molecular formula is C15H25NO3. The second-order valence-electron chi connectivity index (χ2n) is 5.03. The van der Waals surface area contributed by atoms with Crippen molar-refractivity contribution in [2.45, 2.75) is 51.0 Å². The zero-order chi connectivity index (χ0) is 13.9. The lowest BCUT2D eigenvalue weighted by Crippen LogP contribution is -2.27. The van der Waals surface area contributed by atoms with Gasteiger partial charge in [0, 0.05) is 13.0 Å². The van der Waals surface area contributed by atoms with E-state index < -0.39 is 5.97 Å². The number of carboxylic acid groups (broad SMARTS) is 1. The number of allylic oxidation sites excluding steroid dienone is 3. The first-order valence-corrected chi connectivity index (χ1v) is 7.14. The Morgan fingerprint density at radius 1 is 1.32 bits per heavy atom. The molecule has 0 amide bonds. The third-order valence-electron chi connectivity index (χ3n) is 3.17. The molecule has 0 saturated heterocycles. The number of nitrogens with one attached hydrogen (secondary N) is 1. The van der Waals surface area contributed by atoms with Gasteiger partial charge in [-0.2, -0.15) is 0 Å². The van der Waals surface area contributed by atoms with Crippen LogP contribution in [0.2, 0.25) is 0 Å². The Kier molecular flexibility index (Phi) is 8.18. The largest absolute Gasteiger partial charge is 0.481 e. The van der Waals surface area contributed by atoms with Crippen LogP contribution in [0.4, 0.5) is 0 Å². The van der Waals surface area contributed by atoms with Crippen LogP contribution in [0, 0.1) is 0 Å². The second-order valence-corrected chi connectivity index (χ2v) is 5.03. The maximum Gasteiger partial charge on any atom is 0.303 e. The van der Waals surface area contributed by atoms with Gasteiger partial charge in [0.1, 0.15) is 0 Å². The van der Waals surface area contributed by atoms with Gasteiger partial charge in [-0.3, -0.25) is 4.79 Å².